The highest BCUT2D eigenvalue weighted by Crippen LogP contribution is 2.16. The molecule has 0 unspecified atom stereocenters. The highest BCUT2D eigenvalue weighted by atomic mass is 35.5. The molecule has 0 atom stereocenters. The summed E-state index contributed by atoms with van der Waals surface area (Å²) in [6.45, 7) is 0. The number of para-hydroxylation sites is 1. The fourth-order valence-corrected chi connectivity index (χ4v) is 2.58. The smallest absolute Gasteiger partial charge is 0.337 e. The molecule has 132 valence electrons. The minimum absolute atomic E-state index is 0.00982. The molecule has 8 heteroatoms. The van der Waals surface area contributed by atoms with E-state index >= 15 is 0 Å². The number of nitrogens with zero attached hydrogens (tertiary/aromatic N) is 2. The second kappa shape index (κ2) is 7.79. The Hall–Kier alpha value is -3.19. The zero-order chi connectivity index (χ0) is 18.5. The first-order valence-corrected chi connectivity index (χ1v) is 8.07. The van der Waals surface area contributed by atoms with E-state index in [0.29, 0.717) is 17.3 Å². The van der Waals surface area contributed by atoms with Crippen molar-refractivity contribution in [1.82, 2.24) is 10.1 Å². The number of aromatic nitrogens is 2. The van der Waals surface area contributed by atoms with Gasteiger partial charge < -0.3 is 14.9 Å². The van der Waals surface area contributed by atoms with Crippen molar-refractivity contribution in [2.24, 2.45) is 0 Å². The molecule has 0 saturated heterocycles. The fraction of sp³-hybridized carbons (Fsp3) is 0.111. The van der Waals surface area contributed by atoms with E-state index in [1.807, 2.05) is 12.1 Å². The van der Waals surface area contributed by atoms with E-state index in [2.05, 4.69) is 15.5 Å². The molecule has 26 heavy (non-hydrogen) atoms. The third-order valence-corrected chi connectivity index (χ3v) is 3.74. The number of nitrogens with one attached hydrogen (secondary N) is 1. The average Bonchev–Trinajstić information content (AvgIpc) is 3.01. The summed E-state index contributed by atoms with van der Waals surface area (Å²) in [6.07, 6.45) is 0.268. The number of carbonyl (C=O) groups is 2. The summed E-state index contributed by atoms with van der Waals surface area (Å²) in [4.78, 5) is 27.5. The van der Waals surface area contributed by atoms with Gasteiger partial charge in [0.25, 0.3) is 0 Å². The lowest BCUT2D eigenvalue weighted by Crippen LogP contribution is -2.17. The van der Waals surface area contributed by atoms with Crippen LogP contribution in [-0.2, 0) is 17.6 Å². The maximum atomic E-state index is 12.1. The molecule has 3 aromatic rings. The van der Waals surface area contributed by atoms with Crippen LogP contribution in [0.2, 0.25) is 5.02 Å². The average molecular weight is 372 g/mol. The molecule has 0 spiro atoms. The topological polar surface area (TPSA) is 105 Å². The fourth-order valence-electron chi connectivity index (χ4n) is 2.37. The van der Waals surface area contributed by atoms with Crippen molar-refractivity contribution in [3.05, 3.63) is 76.4 Å². The van der Waals surface area contributed by atoms with Gasteiger partial charge in [-0.3, -0.25) is 4.79 Å². The lowest BCUT2D eigenvalue weighted by atomic mass is 10.1. The summed E-state index contributed by atoms with van der Waals surface area (Å²) in [7, 11) is 0. The summed E-state index contributed by atoms with van der Waals surface area (Å²) in [5, 5.41) is 16.1. The monoisotopic (exact) mass is 371 g/mol. The van der Waals surface area contributed by atoms with Crippen molar-refractivity contribution in [2.75, 3.05) is 5.32 Å². The predicted molar refractivity (Wildman–Crippen MR) is 94.3 cm³/mol. The number of anilines is 1. The molecule has 2 N–H and O–H groups in total. The summed E-state index contributed by atoms with van der Waals surface area (Å²) in [5.41, 5.74) is 1.13. The normalized spacial score (nSPS) is 10.5. The van der Waals surface area contributed by atoms with E-state index in [0.717, 1.165) is 5.56 Å². The third kappa shape index (κ3) is 4.46. The molecule has 0 aliphatic heterocycles. The summed E-state index contributed by atoms with van der Waals surface area (Å²) >= 11 is 5.94. The summed E-state index contributed by atoms with van der Waals surface area (Å²) in [6, 6.07) is 13.4. The standard InChI is InChI=1S/C18H14ClN3O4/c19-12-5-3-4-11(8-12)9-17-21-15(22-26-17)10-16(23)20-14-7-2-1-6-13(14)18(24)25/h1-8H,9-10H2,(H,20,23)(H,24,25). The van der Waals surface area contributed by atoms with Crippen molar-refractivity contribution in [3.8, 4) is 0 Å². The number of amides is 1. The maximum Gasteiger partial charge on any atom is 0.337 e. The first-order chi connectivity index (χ1) is 12.5. The molecule has 2 aromatic carbocycles. The maximum absolute atomic E-state index is 12.1. The Morgan fingerprint density at radius 1 is 1.15 bits per heavy atom. The zero-order valence-corrected chi connectivity index (χ0v) is 14.2. The highest BCUT2D eigenvalue weighted by Gasteiger charge is 2.15. The Morgan fingerprint density at radius 2 is 1.96 bits per heavy atom. The Balaban J connectivity index is 1.64. The van der Waals surface area contributed by atoms with Crippen LogP contribution in [0, 0.1) is 0 Å². The van der Waals surface area contributed by atoms with Crippen molar-refractivity contribution < 1.29 is 19.2 Å². The number of hydrogen-bond donors (Lipinski definition) is 2. The van der Waals surface area contributed by atoms with E-state index in [-0.39, 0.29) is 23.5 Å². The largest absolute Gasteiger partial charge is 0.478 e. The number of hydrogen-bond acceptors (Lipinski definition) is 5. The molecule has 0 saturated carbocycles. The number of carbonyl (C=O) groups excluding carboxylic acids is 1. The summed E-state index contributed by atoms with van der Waals surface area (Å²) in [5.74, 6) is -0.980. The number of benzene rings is 2. The van der Waals surface area contributed by atoms with Crippen LogP contribution in [-0.4, -0.2) is 27.1 Å². The van der Waals surface area contributed by atoms with Crippen molar-refractivity contribution >= 4 is 29.2 Å². The van der Waals surface area contributed by atoms with Gasteiger partial charge in [0.15, 0.2) is 5.82 Å². The van der Waals surface area contributed by atoms with Crippen LogP contribution < -0.4 is 5.32 Å². The number of rotatable bonds is 6. The minimum atomic E-state index is -1.12. The number of aromatic carboxylic acids is 1. The molecule has 3 rings (SSSR count). The molecule has 1 heterocycles. The molecular weight excluding hydrogens is 358 g/mol. The molecule has 0 fully saturated rings. The zero-order valence-electron chi connectivity index (χ0n) is 13.5. The highest BCUT2D eigenvalue weighted by molar-refractivity contribution is 6.30. The molecule has 0 aliphatic rings. The van der Waals surface area contributed by atoms with Gasteiger partial charge in [0.1, 0.15) is 0 Å². The second-order valence-corrected chi connectivity index (χ2v) is 5.92. The molecule has 0 radical (unpaired) electrons. The number of halogens is 1. The lowest BCUT2D eigenvalue weighted by molar-refractivity contribution is -0.115. The molecule has 1 amide bonds. The predicted octanol–water partition coefficient (Wildman–Crippen LogP) is 3.19. The van der Waals surface area contributed by atoms with Crippen LogP contribution in [0.1, 0.15) is 27.6 Å². The van der Waals surface area contributed by atoms with Crippen LogP contribution in [0.3, 0.4) is 0 Å². The Kier molecular flexibility index (Phi) is 5.28. The molecule has 7 nitrogen and oxygen atoms in total. The van der Waals surface area contributed by atoms with E-state index in [1.54, 1.807) is 24.3 Å². The first kappa shape index (κ1) is 17.6. The van der Waals surface area contributed by atoms with Gasteiger partial charge in [-0.15, -0.1) is 0 Å². The van der Waals surface area contributed by atoms with Gasteiger partial charge in [-0.25, -0.2) is 4.79 Å². The van der Waals surface area contributed by atoms with Crippen LogP contribution in [0.4, 0.5) is 5.69 Å². The van der Waals surface area contributed by atoms with Gasteiger partial charge in [-0.05, 0) is 29.8 Å². The molecule has 0 bridgehead atoms. The van der Waals surface area contributed by atoms with Gasteiger partial charge in [-0.2, -0.15) is 4.98 Å². The van der Waals surface area contributed by atoms with Crippen LogP contribution in [0.15, 0.2) is 53.1 Å². The Morgan fingerprint density at radius 3 is 2.73 bits per heavy atom. The van der Waals surface area contributed by atoms with Gasteiger partial charge >= 0.3 is 5.97 Å². The van der Waals surface area contributed by atoms with Gasteiger partial charge in [-0.1, -0.05) is 41.0 Å². The molecular formula is C18H14ClN3O4. The van der Waals surface area contributed by atoms with Crippen molar-refractivity contribution in [1.29, 1.82) is 0 Å². The third-order valence-electron chi connectivity index (χ3n) is 3.50. The number of carboxylic acid groups (broad SMARTS) is 1. The van der Waals surface area contributed by atoms with E-state index in [4.69, 9.17) is 21.2 Å². The SMILES string of the molecule is O=C(Cc1noc(Cc2cccc(Cl)c2)n1)Nc1ccccc1C(=O)O. The Bertz CT molecular complexity index is 955. The molecule has 1 aromatic heterocycles. The van der Waals surface area contributed by atoms with Crippen LogP contribution in [0.25, 0.3) is 0 Å². The lowest BCUT2D eigenvalue weighted by Gasteiger charge is -2.06. The van der Waals surface area contributed by atoms with E-state index in [1.165, 1.54) is 12.1 Å². The van der Waals surface area contributed by atoms with Gasteiger partial charge in [0.05, 0.1) is 24.1 Å². The minimum Gasteiger partial charge on any atom is -0.478 e. The summed E-state index contributed by atoms with van der Waals surface area (Å²) < 4.78 is 5.14. The second-order valence-electron chi connectivity index (χ2n) is 5.49. The number of carboxylic acids is 1. The first-order valence-electron chi connectivity index (χ1n) is 7.69. The molecule has 0 aliphatic carbocycles. The van der Waals surface area contributed by atoms with Gasteiger partial charge in [0.2, 0.25) is 11.8 Å². The Labute approximate surface area is 153 Å². The van der Waals surface area contributed by atoms with Crippen LogP contribution in [0.5, 0.6) is 0 Å². The quantitative estimate of drug-likeness (QED) is 0.689. The van der Waals surface area contributed by atoms with Crippen LogP contribution >= 0.6 is 11.6 Å². The van der Waals surface area contributed by atoms with Crippen molar-refractivity contribution in [3.63, 3.8) is 0 Å². The van der Waals surface area contributed by atoms with E-state index < -0.39 is 11.9 Å². The van der Waals surface area contributed by atoms with E-state index in [9.17, 15) is 9.59 Å². The van der Waals surface area contributed by atoms with Gasteiger partial charge in [0, 0.05) is 5.02 Å². The van der Waals surface area contributed by atoms with Crippen molar-refractivity contribution in [2.45, 2.75) is 12.8 Å².